The minimum Gasteiger partial charge on any atom is -0.550 e. The van der Waals surface area contributed by atoms with Crippen LogP contribution in [0.4, 0.5) is 0 Å². The molecule has 4 unspecified atom stereocenters. The number of esters is 1. The van der Waals surface area contributed by atoms with Crippen LogP contribution < -0.4 is 26.4 Å². The molecule has 0 spiro atoms. The number of ether oxygens (including phenoxy) is 5. The zero-order valence-electron chi connectivity index (χ0n) is 26.6. The van der Waals surface area contributed by atoms with Gasteiger partial charge in [0.15, 0.2) is 25.1 Å². The number of nitrogens with two attached hydrogens (primary N) is 2. The number of likely N-dealkylation sites (tertiary alicyclic amines) is 1. The Balaban J connectivity index is 2.00. The average molecular weight is 675 g/mol. The molecule has 0 bridgehead atoms. The number of guanidine groups is 1. The molecule has 11 atom stereocenters. The summed E-state index contributed by atoms with van der Waals surface area (Å²) in [6, 6.07) is -0.755. The molecule has 0 radical (unpaired) electrons. The van der Waals surface area contributed by atoms with Gasteiger partial charge in [0.05, 0.1) is 76.1 Å². The van der Waals surface area contributed by atoms with Crippen LogP contribution in [-0.2, 0) is 33.3 Å². The molecule has 0 aromatic carbocycles. The highest BCUT2D eigenvalue weighted by Gasteiger charge is 2.57. The third kappa shape index (κ3) is 8.85. The maximum Gasteiger partial charge on any atom is 0.337 e. The lowest BCUT2D eigenvalue weighted by Gasteiger charge is -2.47. The number of nitrogens with one attached hydrogen (secondary N) is 2. The van der Waals surface area contributed by atoms with Crippen LogP contribution in [0, 0.1) is 23.7 Å². The van der Waals surface area contributed by atoms with Crippen molar-refractivity contribution in [2.24, 2.45) is 34.4 Å². The van der Waals surface area contributed by atoms with Crippen molar-refractivity contribution < 1.29 is 74.1 Å². The quantitative estimate of drug-likeness (QED) is 0.0272. The van der Waals surface area contributed by atoms with E-state index < -0.39 is 84.9 Å². The molecule has 3 heterocycles. The Bertz CT molecular complexity index is 1170. The molecule has 18 heteroatoms. The number of allylic oxidation sites excluding steroid dienone is 1. The Kier molecular flexibility index (Phi) is 14.1. The van der Waals surface area contributed by atoms with Crippen LogP contribution >= 0.6 is 0 Å². The standard InChI is InChI=1S/C29H47N5O13/c1-5-16-17(7-6-15-10-34(8-9-35)11-18(24(38)39)21(15)33-28(30)32-3)19(25(40)43-4)13-44-26(16)47-27-23(45-14-31-2)29(41,42)22(37)20(12-36)46-27/h5-7,13,15-18,20-23,26-27,31,35-37,41-42H,1,8-12,14H2,2-4H3,(H,38,39)(H3,30,32,33)/p+1/t15?,16-,17+,18?,20-,21?,22-,23-,26-,27+/m1/s1. The number of carbonyl (C=O) groups is 2. The van der Waals surface area contributed by atoms with Crippen LogP contribution in [-0.4, -0.2) is 147 Å². The molecule has 3 aliphatic heterocycles. The molecule has 47 heavy (non-hydrogen) atoms. The van der Waals surface area contributed by atoms with Crippen LogP contribution in [0.2, 0.25) is 0 Å². The number of carboxylic acid groups (broad SMARTS) is 1. The van der Waals surface area contributed by atoms with Crippen LogP contribution in [0.15, 0.2) is 41.6 Å². The Hall–Kier alpha value is -3.17. The number of hydrogen-bond acceptors (Lipinski definition) is 14. The van der Waals surface area contributed by atoms with Gasteiger partial charge in [-0.05, 0) is 0 Å². The Morgan fingerprint density at radius 3 is 2.60 bits per heavy atom. The van der Waals surface area contributed by atoms with Crippen LogP contribution in [0.3, 0.4) is 0 Å². The van der Waals surface area contributed by atoms with Crippen molar-refractivity contribution in [2.75, 3.05) is 60.8 Å². The summed E-state index contributed by atoms with van der Waals surface area (Å²) in [5, 5.41) is 68.0. The summed E-state index contributed by atoms with van der Waals surface area (Å²) in [7, 11) is 4.30. The number of rotatable bonds is 14. The number of aliphatic hydroxyl groups excluding tert-OH is 3. The number of aliphatic imine (C=N–C) groups is 1. The molecule has 3 aliphatic rings. The van der Waals surface area contributed by atoms with Crippen LogP contribution in [0.25, 0.3) is 0 Å². The SMILES string of the molecule is C=C[C@H]1[C@@H](O[C@@H]2O[C@H](CO)[C@@H](O)C(O)(O)[C@@H]2OC[NH2+]C)OC=C(C(=O)OC)[C@H]1C=CC1C[NH+](CCO)CC(C(=O)[O-])C1NC(N)=NC. The molecule has 0 saturated carbocycles. The minimum absolute atomic E-state index is 0.0176. The fourth-order valence-electron chi connectivity index (χ4n) is 6.11. The van der Waals surface area contributed by atoms with Crippen molar-refractivity contribution in [1.82, 2.24) is 5.32 Å². The van der Waals surface area contributed by atoms with Crippen molar-refractivity contribution in [3.63, 3.8) is 0 Å². The Morgan fingerprint density at radius 1 is 1.30 bits per heavy atom. The number of aliphatic carboxylic acids is 1. The third-order valence-electron chi connectivity index (χ3n) is 8.58. The largest absolute Gasteiger partial charge is 0.550 e. The predicted octanol–water partition coefficient (Wildman–Crippen LogP) is -7.54. The van der Waals surface area contributed by atoms with Crippen LogP contribution in [0.1, 0.15) is 0 Å². The van der Waals surface area contributed by atoms with Crippen molar-refractivity contribution in [1.29, 1.82) is 0 Å². The smallest absolute Gasteiger partial charge is 0.337 e. The second-order valence-corrected chi connectivity index (χ2v) is 11.5. The summed E-state index contributed by atoms with van der Waals surface area (Å²) in [6.45, 7) is 3.69. The molecular weight excluding hydrogens is 626 g/mol. The minimum atomic E-state index is -2.89. The summed E-state index contributed by atoms with van der Waals surface area (Å²) in [4.78, 5) is 29.8. The number of quaternary nitrogens is 2. The molecule has 2 fully saturated rings. The van der Waals surface area contributed by atoms with E-state index in [0.717, 1.165) is 11.2 Å². The highest BCUT2D eigenvalue weighted by atomic mass is 16.8. The first-order valence-electron chi connectivity index (χ1n) is 15.2. The van der Waals surface area contributed by atoms with E-state index in [1.54, 1.807) is 24.5 Å². The van der Waals surface area contributed by atoms with E-state index in [2.05, 4.69) is 16.9 Å². The van der Waals surface area contributed by atoms with Gasteiger partial charge in [-0.25, -0.2) is 4.79 Å². The summed E-state index contributed by atoms with van der Waals surface area (Å²) < 4.78 is 28.0. The summed E-state index contributed by atoms with van der Waals surface area (Å²) in [6.07, 6.45) is -1.98. The maximum atomic E-state index is 12.9. The zero-order valence-corrected chi connectivity index (χ0v) is 26.6. The Morgan fingerprint density at radius 2 is 2.02 bits per heavy atom. The average Bonchev–Trinajstić information content (AvgIpc) is 3.05. The molecule has 0 aromatic rings. The van der Waals surface area contributed by atoms with Gasteiger partial charge >= 0.3 is 5.97 Å². The lowest BCUT2D eigenvalue weighted by atomic mass is 9.79. The molecule has 3 rings (SSSR count). The predicted molar refractivity (Wildman–Crippen MR) is 158 cm³/mol. The summed E-state index contributed by atoms with van der Waals surface area (Å²) >= 11 is 0. The normalized spacial score (nSPS) is 35.9. The van der Waals surface area contributed by atoms with Gasteiger partial charge < -0.3 is 80.4 Å². The summed E-state index contributed by atoms with van der Waals surface area (Å²) in [5.41, 5.74) is 6.00. The second-order valence-electron chi connectivity index (χ2n) is 11.5. The summed E-state index contributed by atoms with van der Waals surface area (Å²) in [5.74, 6) is -8.12. The molecule has 11 N–H and O–H groups in total. The maximum absolute atomic E-state index is 12.9. The molecule has 266 valence electrons. The van der Waals surface area contributed by atoms with E-state index in [0.29, 0.717) is 6.54 Å². The van der Waals surface area contributed by atoms with E-state index in [4.69, 9.17) is 29.4 Å². The van der Waals surface area contributed by atoms with E-state index in [-0.39, 0.29) is 38.0 Å². The molecule has 0 aliphatic carbocycles. The number of piperidine rings is 1. The second kappa shape index (κ2) is 17.3. The van der Waals surface area contributed by atoms with Gasteiger partial charge in [-0.1, -0.05) is 18.2 Å². The Labute approximate surface area is 272 Å². The topological polar surface area (TPSA) is 276 Å². The van der Waals surface area contributed by atoms with E-state index in [9.17, 15) is 40.2 Å². The first kappa shape index (κ1) is 38.3. The number of nitrogens with zero attached hydrogens (tertiary/aromatic N) is 1. The lowest BCUT2D eigenvalue weighted by Crippen LogP contribution is -3.16. The molecule has 18 nitrogen and oxygen atoms in total. The first-order valence-corrected chi connectivity index (χ1v) is 15.2. The number of carboxylic acids is 1. The first-order chi connectivity index (χ1) is 22.4. The third-order valence-corrected chi connectivity index (χ3v) is 8.58. The highest BCUT2D eigenvalue weighted by molar-refractivity contribution is 5.89. The fourth-order valence-corrected chi connectivity index (χ4v) is 6.11. The van der Waals surface area contributed by atoms with Crippen molar-refractivity contribution in [2.45, 2.75) is 42.7 Å². The zero-order chi connectivity index (χ0) is 34.9. The van der Waals surface area contributed by atoms with Gasteiger partial charge in [0, 0.05) is 18.9 Å². The van der Waals surface area contributed by atoms with Gasteiger partial charge in [0.2, 0.25) is 12.1 Å². The fraction of sp³-hybridized carbons (Fsp3) is 0.690. The van der Waals surface area contributed by atoms with Gasteiger partial charge in [0.1, 0.15) is 18.8 Å². The monoisotopic (exact) mass is 674 g/mol. The van der Waals surface area contributed by atoms with Gasteiger partial charge in [-0.2, -0.15) is 0 Å². The van der Waals surface area contributed by atoms with Crippen molar-refractivity contribution in [3.05, 3.63) is 36.6 Å². The van der Waals surface area contributed by atoms with Gasteiger partial charge in [-0.15, -0.1) is 6.58 Å². The number of carbonyl (C=O) groups excluding carboxylic acids is 2. The van der Waals surface area contributed by atoms with Gasteiger partial charge in [0.25, 0.3) is 0 Å². The van der Waals surface area contributed by atoms with E-state index >= 15 is 0 Å². The number of aliphatic hydroxyl groups is 5. The lowest BCUT2D eigenvalue weighted by molar-refractivity contribution is -0.911. The van der Waals surface area contributed by atoms with Crippen molar-refractivity contribution in [3.8, 4) is 0 Å². The molecular formula is C29H48N5O13+. The van der Waals surface area contributed by atoms with E-state index in [1.807, 2.05) is 0 Å². The van der Waals surface area contributed by atoms with Gasteiger partial charge in [-0.3, -0.25) is 4.99 Å². The van der Waals surface area contributed by atoms with E-state index in [1.165, 1.54) is 20.2 Å². The molecule has 0 aromatic heterocycles. The number of hydrogen-bond donors (Lipinski definition) is 9. The molecule has 0 amide bonds. The molecule has 2 saturated heterocycles. The van der Waals surface area contributed by atoms with Crippen molar-refractivity contribution >= 4 is 17.9 Å². The number of methoxy groups -OCH3 is 1. The van der Waals surface area contributed by atoms with Crippen LogP contribution in [0.5, 0.6) is 0 Å². The highest BCUT2D eigenvalue weighted by Crippen LogP contribution is 2.38.